The van der Waals surface area contributed by atoms with Gasteiger partial charge >= 0.3 is 5.97 Å². The van der Waals surface area contributed by atoms with Gasteiger partial charge in [-0.2, -0.15) is 0 Å². The molecule has 0 saturated carbocycles. The van der Waals surface area contributed by atoms with E-state index >= 15 is 0 Å². The zero-order valence-corrected chi connectivity index (χ0v) is 22.3. The van der Waals surface area contributed by atoms with Gasteiger partial charge in [0, 0.05) is 17.5 Å². The van der Waals surface area contributed by atoms with E-state index in [1.807, 2.05) is 24.3 Å². The second kappa shape index (κ2) is 13.2. The molecular weight excluding hydrogens is 450 g/mol. The molecule has 0 aliphatic heterocycles. The van der Waals surface area contributed by atoms with Crippen LogP contribution < -0.4 is 0 Å². The van der Waals surface area contributed by atoms with Crippen LogP contribution in [-0.2, 0) is 4.74 Å². The minimum Gasteiger partial charge on any atom is -0.461 e. The number of ketones is 1. The van der Waals surface area contributed by atoms with Crippen LogP contribution in [0.5, 0.6) is 0 Å². The van der Waals surface area contributed by atoms with Crippen molar-refractivity contribution in [2.45, 2.75) is 66.4 Å². The van der Waals surface area contributed by atoms with Crippen LogP contribution in [0.1, 0.15) is 91.0 Å². The number of carbonyl (C=O) groups is 2. The Kier molecular flexibility index (Phi) is 10.1. The molecule has 0 spiro atoms. The molecule has 36 heavy (non-hydrogen) atoms. The fourth-order valence-corrected chi connectivity index (χ4v) is 4.20. The number of benzene rings is 2. The van der Waals surface area contributed by atoms with Crippen molar-refractivity contribution in [2.75, 3.05) is 19.6 Å². The maximum atomic E-state index is 13.4. The lowest BCUT2D eigenvalue weighted by atomic mass is 9.98. The van der Waals surface area contributed by atoms with Crippen molar-refractivity contribution in [3.8, 4) is 0 Å². The molecule has 1 heterocycles. The number of rotatable bonds is 13. The highest BCUT2D eigenvalue weighted by atomic mass is 16.5. The van der Waals surface area contributed by atoms with Crippen molar-refractivity contribution in [3.63, 3.8) is 0 Å². The minimum atomic E-state index is -0.414. The summed E-state index contributed by atoms with van der Waals surface area (Å²) >= 11 is 0. The average molecular weight is 490 g/mol. The Balaban J connectivity index is 1.75. The van der Waals surface area contributed by atoms with Gasteiger partial charge in [-0.25, -0.2) is 4.79 Å². The summed E-state index contributed by atoms with van der Waals surface area (Å²) in [6.45, 7) is 13.0. The van der Waals surface area contributed by atoms with Gasteiger partial charge in [-0.15, -0.1) is 0 Å². The summed E-state index contributed by atoms with van der Waals surface area (Å²) in [4.78, 5) is 28.3. The predicted octanol–water partition coefficient (Wildman–Crippen LogP) is 7.45. The summed E-state index contributed by atoms with van der Waals surface area (Å²) in [5.41, 5.74) is 3.10. The molecule has 5 heteroatoms. The van der Waals surface area contributed by atoms with E-state index < -0.39 is 5.97 Å². The van der Waals surface area contributed by atoms with E-state index in [1.165, 1.54) is 25.7 Å². The van der Waals surface area contributed by atoms with Crippen molar-refractivity contribution in [3.05, 3.63) is 76.6 Å². The van der Waals surface area contributed by atoms with E-state index in [0.717, 1.165) is 25.2 Å². The van der Waals surface area contributed by atoms with E-state index in [9.17, 15) is 9.59 Å². The first kappa shape index (κ1) is 27.4. The maximum absolute atomic E-state index is 13.4. The average Bonchev–Trinajstić information content (AvgIpc) is 3.19. The summed E-state index contributed by atoms with van der Waals surface area (Å²) in [5.74, 6) is -0.00249. The number of hydrogen-bond acceptors (Lipinski definition) is 5. The quantitative estimate of drug-likeness (QED) is 0.184. The zero-order chi connectivity index (χ0) is 26.1. The summed E-state index contributed by atoms with van der Waals surface area (Å²) in [6.07, 6.45) is 8.95. The van der Waals surface area contributed by atoms with Crippen LogP contribution in [0.2, 0.25) is 0 Å². The molecule has 192 valence electrons. The first-order valence-electron chi connectivity index (χ1n) is 13.1. The molecule has 2 aromatic carbocycles. The van der Waals surface area contributed by atoms with Gasteiger partial charge in [0.15, 0.2) is 5.78 Å². The van der Waals surface area contributed by atoms with Gasteiger partial charge in [0.2, 0.25) is 0 Å². The van der Waals surface area contributed by atoms with Crippen LogP contribution in [0.4, 0.5) is 0 Å². The largest absolute Gasteiger partial charge is 0.461 e. The first-order chi connectivity index (χ1) is 17.3. The third-order valence-corrected chi connectivity index (χ3v) is 6.17. The van der Waals surface area contributed by atoms with E-state index in [0.29, 0.717) is 33.4 Å². The number of fused-ring (bicyclic) bond motifs is 1. The van der Waals surface area contributed by atoms with Gasteiger partial charge in [-0.3, -0.25) is 9.69 Å². The van der Waals surface area contributed by atoms with Crippen LogP contribution in [0.25, 0.3) is 17.0 Å². The Labute approximate surface area is 215 Å². The van der Waals surface area contributed by atoms with Crippen molar-refractivity contribution < 1.29 is 18.7 Å². The van der Waals surface area contributed by atoms with Gasteiger partial charge in [-0.05, 0) is 70.5 Å². The molecule has 0 radical (unpaired) electrons. The standard InChI is InChI=1S/C31H39NO4/c1-6-8-18-32(19-9-7-2)20-10-11-24-12-14-25(15-13-24)30(33)29-23(5)36-28-17-16-26(21-27(28)29)31(34)35-22(3)4/h10-17,21-22H,6-9,18-20H2,1-5H3. The lowest BCUT2D eigenvalue weighted by Crippen LogP contribution is -2.26. The fourth-order valence-electron chi connectivity index (χ4n) is 4.20. The molecular formula is C31H39NO4. The molecule has 0 bridgehead atoms. The molecule has 0 saturated heterocycles. The zero-order valence-electron chi connectivity index (χ0n) is 22.3. The molecule has 3 aromatic rings. The van der Waals surface area contributed by atoms with E-state index in [2.05, 4.69) is 30.9 Å². The van der Waals surface area contributed by atoms with Crippen LogP contribution >= 0.6 is 0 Å². The minimum absolute atomic E-state index is 0.124. The van der Waals surface area contributed by atoms with Crippen molar-refractivity contribution >= 4 is 28.8 Å². The highest BCUT2D eigenvalue weighted by Crippen LogP contribution is 2.29. The second-order valence-corrected chi connectivity index (χ2v) is 9.56. The van der Waals surface area contributed by atoms with Crippen molar-refractivity contribution in [2.24, 2.45) is 0 Å². The summed E-state index contributed by atoms with van der Waals surface area (Å²) in [7, 11) is 0. The number of esters is 1. The molecule has 3 rings (SSSR count). The summed E-state index contributed by atoms with van der Waals surface area (Å²) in [6, 6.07) is 12.7. The molecule has 0 aliphatic rings. The molecule has 5 nitrogen and oxygen atoms in total. The van der Waals surface area contributed by atoms with Gasteiger partial charge < -0.3 is 9.15 Å². The highest BCUT2D eigenvalue weighted by molar-refractivity contribution is 6.17. The number of furan rings is 1. The molecule has 0 unspecified atom stereocenters. The number of nitrogens with zero attached hydrogens (tertiary/aromatic N) is 1. The number of ether oxygens (including phenoxy) is 1. The summed E-state index contributed by atoms with van der Waals surface area (Å²) < 4.78 is 11.1. The molecule has 0 amide bonds. The number of hydrogen-bond donors (Lipinski definition) is 0. The lowest BCUT2D eigenvalue weighted by molar-refractivity contribution is 0.0378. The molecule has 0 atom stereocenters. The van der Waals surface area contributed by atoms with Crippen molar-refractivity contribution in [1.29, 1.82) is 0 Å². The van der Waals surface area contributed by atoms with Gasteiger partial charge in [0.05, 0.1) is 17.2 Å². The number of aryl methyl sites for hydroxylation is 1. The van der Waals surface area contributed by atoms with Crippen LogP contribution in [-0.4, -0.2) is 42.4 Å². The normalized spacial score (nSPS) is 11.8. The molecule has 0 N–H and O–H groups in total. The van der Waals surface area contributed by atoms with E-state index in [4.69, 9.17) is 9.15 Å². The molecule has 0 fully saturated rings. The second-order valence-electron chi connectivity index (χ2n) is 9.56. The Bertz CT molecular complexity index is 1180. The van der Waals surface area contributed by atoms with Crippen LogP contribution in [0.15, 0.2) is 53.0 Å². The van der Waals surface area contributed by atoms with Gasteiger partial charge in [0.25, 0.3) is 0 Å². The van der Waals surface area contributed by atoms with E-state index in [1.54, 1.807) is 39.0 Å². The first-order valence-corrected chi connectivity index (χ1v) is 13.1. The highest BCUT2D eigenvalue weighted by Gasteiger charge is 2.21. The van der Waals surface area contributed by atoms with Crippen LogP contribution in [0, 0.1) is 6.92 Å². The SMILES string of the molecule is CCCCN(CC=Cc1ccc(C(=O)c2c(C)oc3ccc(C(=O)OC(C)C)cc23)cc1)CCCC. The topological polar surface area (TPSA) is 59.8 Å². The predicted molar refractivity (Wildman–Crippen MR) is 147 cm³/mol. The monoisotopic (exact) mass is 489 g/mol. The lowest BCUT2D eigenvalue weighted by Gasteiger charge is -2.19. The van der Waals surface area contributed by atoms with E-state index in [-0.39, 0.29) is 11.9 Å². The van der Waals surface area contributed by atoms with Crippen molar-refractivity contribution in [1.82, 2.24) is 4.90 Å². The third kappa shape index (κ3) is 7.17. The summed E-state index contributed by atoms with van der Waals surface area (Å²) in [5, 5.41) is 0.624. The fraction of sp³-hybridized carbons (Fsp3) is 0.419. The molecule has 0 aliphatic carbocycles. The maximum Gasteiger partial charge on any atom is 0.338 e. The molecule has 1 aromatic heterocycles. The van der Waals surface area contributed by atoms with Gasteiger partial charge in [0.1, 0.15) is 11.3 Å². The Morgan fingerprint density at radius 2 is 1.61 bits per heavy atom. The third-order valence-electron chi connectivity index (χ3n) is 6.17. The Morgan fingerprint density at radius 1 is 0.972 bits per heavy atom. The number of carbonyl (C=O) groups excluding carboxylic acids is 2. The Hall–Kier alpha value is -3.18. The smallest absolute Gasteiger partial charge is 0.338 e. The van der Waals surface area contributed by atoms with Crippen LogP contribution in [0.3, 0.4) is 0 Å². The Morgan fingerprint density at radius 3 is 2.22 bits per heavy atom. The number of unbranched alkanes of at least 4 members (excludes halogenated alkanes) is 2. The van der Waals surface area contributed by atoms with Gasteiger partial charge in [-0.1, -0.05) is 63.1 Å².